The third-order valence-electron chi connectivity index (χ3n) is 1.88. The summed E-state index contributed by atoms with van der Waals surface area (Å²) in [5, 5.41) is 8.62. The van der Waals surface area contributed by atoms with Crippen molar-refractivity contribution in [2.45, 2.75) is 13.3 Å². The zero-order valence-corrected chi connectivity index (χ0v) is 6.78. The minimum atomic E-state index is -0.939. The zero-order valence-electron chi connectivity index (χ0n) is 6.78. The van der Waals surface area contributed by atoms with Gasteiger partial charge in [-0.25, -0.2) is 4.79 Å². The van der Waals surface area contributed by atoms with E-state index in [0.717, 1.165) is 0 Å². The molecule has 0 saturated carbocycles. The Morgan fingerprint density at radius 2 is 2.25 bits per heavy atom. The van der Waals surface area contributed by atoms with Crippen LogP contribution in [-0.2, 0) is 9.59 Å². The number of hydrogen-bond acceptors (Lipinski definition) is 2. The molecule has 0 saturated heterocycles. The molecule has 12 heavy (non-hydrogen) atoms. The number of rotatable bonds is 2. The van der Waals surface area contributed by atoms with Gasteiger partial charge in [-0.05, 0) is 13.3 Å². The highest BCUT2D eigenvalue weighted by atomic mass is 16.4. The van der Waals surface area contributed by atoms with Crippen molar-refractivity contribution in [1.29, 1.82) is 0 Å². The summed E-state index contributed by atoms with van der Waals surface area (Å²) in [5.41, 5.74) is 0.303. The van der Waals surface area contributed by atoms with Gasteiger partial charge < -0.3 is 5.11 Å². The van der Waals surface area contributed by atoms with Gasteiger partial charge in [-0.1, -0.05) is 18.2 Å². The fraction of sp³-hybridized carbons (Fsp3) is 0.333. The van der Waals surface area contributed by atoms with E-state index in [1.165, 1.54) is 13.0 Å². The topological polar surface area (TPSA) is 54.4 Å². The van der Waals surface area contributed by atoms with Crippen LogP contribution in [-0.4, -0.2) is 16.9 Å². The quantitative estimate of drug-likeness (QED) is 0.669. The van der Waals surface area contributed by atoms with E-state index < -0.39 is 5.97 Å². The van der Waals surface area contributed by atoms with Crippen LogP contribution in [0.15, 0.2) is 23.8 Å². The van der Waals surface area contributed by atoms with Gasteiger partial charge in [0.2, 0.25) is 0 Å². The van der Waals surface area contributed by atoms with Crippen molar-refractivity contribution in [2.24, 2.45) is 5.92 Å². The summed E-state index contributed by atoms with van der Waals surface area (Å²) < 4.78 is 0. The Morgan fingerprint density at radius 3 is 2.75 bits per heavy atom. The van der Waals surface area contributed by atoms with Gasteiger partial charge >= 0.3 is 5.97 Å². The molecule has 64 valence electrons. The molecule has 0 bridgehead atoms. The van der Waals surface area contributed by atoms with Crippen molar-refractivity contribution < 1.29 is 14.7 Å². The standard InChI is InChI=1S/C9H10O3/c1-6(10)7-3-2-4-8(5-7)9(11)12/h2-4,7H,5H2,1H3,(H,11,12). The molecule has 1 rings (SSSR count). The first-order valence-corrected chi connectivity index (χ1v) is 3.72. The minimum Gasteiger partial charge on any atom is -0.478 e. The van der Waals surface area contributed by atoms with E-state index in [0.29, 0.717) is 12.0 Å². The zero-order chi connectivity index (χ0) is 9.14. The lowest BCUT2D eigenvalue weighted by atomic mass is 9.91. The molecule has 3 nitrogen and oxygen atoms in total. The molecule has 1 N–H and O–H groups in total. The number of Topliss-reactive ketones (excluding diaryl/α,β-unsaturated/α-hetero) is 1. The molecule has 1 aliphatic carbocycles. The SMILES string of the molecule is CC(=O)C1C=CC=C(C(=O)O)C1. The first kappa shape index (κ1) is 8.71. The van der Waals surface area contributed by atoms with Gasteiger partial charge in [-0.2, -0.15) is 0 Å². The maximum atomic E-state index is 10.9. The maximum absolute atomic E-state index is 10.9. The Kier molecular flexibility index (Phi) is 2.43. The highest BCUT2D eigenvalue weighted by Crippen LogP contribution is 2.19. The molecule has 0 aromatic heterocycles. The summed E-state index contributed by atoms with van der Waals surface area (Å²) in [6.07, 6.45) is 5.21. The molecule has 0 spiro atoms. The molecule has 0 amide bonds. The van der Waals surface area contributed by atoms with Crippen molar-refractivity contribution in [3.63, 3.8) is 0 Å². The van der Waals surface area contributed by atoms with E-state index in [-0.39, 0.29) is 11.7 Å². The molecule has 1 unspecified atom stereocenters. The van der Waals surface area contributed by atoms with Crippen LogP contribution in [0, 0.1) is 5.92 Å². The van der Waals surface area contributed by atoms with E-state index in [1.807, 2.05) is 0 Å². The predicted molar refractivity (Wildman–Crippen MR) is 43.6 cm³/mol. The normalized spacial score (nSPS) is 21.8. The van der Waals surface area contributed by atoms with Crippen molar-refractivity contribution >= 4 is 11.8 Å². The monoisotopic (exact) mass is 166 g/mol. The Balaban J connectivity index is 2.74. The van der Waals surface area contributed by atoms with Crippen molar-refractivity contribution in [2.75, 3.05) is 0 Å². The van der Waals surface area contributed by atoms with Gasteiger partial charge in [0, 0.05) is 11.5 Å². The van der Waals surface area contributed by atoms with E-state index >= 15 is 0 Å². The highest BCUT2D eigenvalue weighted by Gasteiger charge is 2.18. The predicted octanol–water partition coefficient (Wildman–Crippen LogP) is 1.16. The second kappa shape index (κ2) is 3.34. The maximum Gasteiger partial charge on any atom is 0.331 e. The number of hydrogen-bond donors (Lipinski definition) is 1. The first-order chi connectivity index (χ1) is 5.61. The second-order valence-corrected chi connectivity index (χ2v) is 2.80. The van der Waals surface area contributed by atoms with E-state index in [1.54, 1.807) is 12.2 Å². The van der Waals surface area contributed by atoms with Crippen LogP contribution in [0.2, 0.25) is 0 Å². The van der Waals surface area contributed by atoms with Crippen LogP contribution in [0.5, 0.6) is 0 Å². The third kappa shape index (κ3) is 1.81. The van der Waals surface area contributed by atoms with Crippen LogP contribution >= 0.6 is 0 Å². The fourth-order valence-electron chi connectivity index (χ4n) is 1.12. The Morgan fingerprint density at radius 1 is 1.58 bits per heavy atom. The third-order valence-corrected chi connectivity index (χ3v) is 1.88. The summed E-state index contributed by atoms with van der Waals surface area (Å²) in [4.78, 5) is 21.4. The Hall–Kier alpha value is -1.38. The van der Waals surface area contributed by atoms with Crippen LogP contribution in [0.1, 0.15) is 13.3 Å². The molecule has 0 aliphatic heterocycles. The van der Waals surface area contributed by atoms with Gasteiger partial charge in [-0.15, -0.1) is 0 Å². The molecule has 0 aromatic carbocycles. The molecule has 1 aliphatic rings. The van der Waals surface area contributed by atoms with E-state index in [9.17, 15) is 9.59 Å². The summed E-state index contributed by atoms with van der Waals surface area (Å²) in [7, 11) is 0. The van der Waals surface area contributed by atoms with Crippen molar-refractivity contribution in [1.82, 2.24) is 0 Å². The van der Waals surface area contributed by atoms with Crippen LogP contribution < -0.4 is 0 Å². The minimum absolute atomic E-state index is 0.0121. The molecule has 1 atom stereocenters. The second-order valence-electron chi connectivity index (χ2n) is 2.80. The van der Waals surface area contributed by atoms with Gasteiger partial charge in [0.05, 0.1) is 0 Å². The average molecular weight is 166 g/mol. The van der Waals surface area contributed by atoms with Gasteiger partial charge in [0.25, 0.3) is 0 Å². The van der Waals surface area contributed by atoms with Gasteiger partial charge in [0.1, 0.15) is 5.78 Å². The Bertz CT molecular complexity index is 273. The largest absolute Gasteiger partial charge is 0.478 e. The van der Waals surface area contributed by atoms with Crippen LogP contribution in [0.3, 0.4) is 0 Å². The lowest BCUT2D eigenvalue weighted by molar-refractivity contribution is -0.132. The average Bonchev–Trinajstić information content (AvgIpc) is 2.04. The summed E-state index contributed by atoms with van der Waals surface area (Å²) in [5.74, 6) is -1.18. The molecular weight excluding hydrogens is 156 g/mol. The number of carbonyl (C=O) groups excluding carboxylic acids is 1. The molecule has 3 heteroatoms. The summed E-state index contributed by atoms with van der Waals surface area (Å²) in [6, 6.07) is 0. The molecule has 0 heterocycles. The summed E-state index contributed by atoms with van der Waals surface area (Å²) in [6.45, 7) is 1.47. The van der Waals surface area contributed by atoms with Gasteiger partial charge in [0.15, 0.2) is 0 Å². The molecule has 0 fully saturated rings. The number of carbonyl (C=O) groups is 2. The smallest absolute Gasteiger partial charge is 0.331 e. The molecule has 0 radical (unpaired) electrons. The van der Waals surface area contributed by atoms with Crippen LogP contribution in [0.4, 0.5) is 0 Å². The van der Waals surface area contributed by atoms with Crippen molar-refractivity contribution in [3.05, 3.63) is 23.8 Å². The number of carboxylic acid groups (broad SMARTS) is 1. The number of allylic oxidation sites excluding steroid dienone is 3. The van der Waals surface area contributed by atoms with E-state index in [2.05, 4.69) is 0 Å². The van der Waals surface area contributed by atoms with Crippen LogP contribution in [0.25, 0.3) is 0 Å². The summed E-state index contributed by atoms with van der Waals surface area (Å²) >= 11 is 0. The molecular formula is C9H10O3. The number of ketones is 1. The lowest BCUT2D eigenvalue weighted by Gasteiger charge is -2.12. The lowest BCUT2D eigenvalue weighted by Crippen LogP contribution is -2.14. The number of carboxylic acids is 1. The molecule has 0 aromatic rings. The van der Waals surface area contributed by atoms with Gasteiger partial charge in [-0.3, -0.25) is 4.79 Å². The van der Waals surface area contributed by atoms with E-state index in [4.69, 9.17) is 5.11 Å². The van der Waals surface area contributed by atoms with Crippen molar-refractivity contribution in [3.8, 4) is 0 Å². The Labute approximate surface area is 70.4 Å². The number of aliphatic carboxylic acids is 1. The fourth-order valence-corrected chi connectivity index (χ4v) is 1.12. The first-order valence-electron chi connectivity index (χ1n) is 3.72. The highest BCUT2D eigenvalue weighted by molar-refractivity contribution is 5.90.